The highest BCUT2D eigenvalue weighted by Crippen LogP contribution is 2.28. The van der Waals surface area contributed by atoms with Crippen LogP contribution in [0.4, 0.5) is 0 Å². The van der Waals surface area contributed by atoms with Crippen molar-refractivity contribution in [3.63, 3.8) is 0 Å². The number of aliphatic hydroxyl groups is 1. The number of rotatable bonds is 6. The Morgan fingerprint density at radius 2 is 1.70 bits per heavy atom. The second kappa shape index (κ2) is 9.21. The maximum atomic E-state index is 12.4. The lowest BCUT2D eigenvalue weighted by atomic mass is 9.97. The van der Waals surface area contributed by atoms with Crippen molar-refractivity contribution < 1.29 is 10.2 Å². The van der Waals surface area contributed by atoms with Gasteiger partial charge in [-0.1, -0.05) is 38.1 Å². The van der Waals surface area contributed by atoms with Crippen molar-refractivity contribution in [1.29, 1.82) is 0 Å². The number of para-hydroxylation sites is 1. The molecule has 1 aliphatic rings. The lowest BCUT2D eigenvalue weighted by Gasteiger charge is -2.20. The molecule has 0 bridgehead atoms. The molecule has 1 aromatic heterocycles. The molecular weight excluding hydrogens is 400 g/mol. The lowest BCUT2D eigenvalue weighted by molar-refractivity contribution is 0.1000. The van der Waals surface area contributed by atoms with E-state index in [4.69, 9.17) is 0 Å². The van der Waals surface area contributed by atoms with Gasteiger partial charge in [0.05, 0.1) is 5.52 Å². The van der Waals surface area contributed by atoms with Crippen molar-refractivity contribution in [3.8, 4) is 5.75 Å². The molecule has 1 heterocycles. The third kappa shape index (κ3) is 4.10. The molecule has 0 unspecified atom stereocenters. The number of benzene rings is 2. The van der Waals surface area contributed by atoms with Gasteiger partial charge in [-0.25, -0.2) is 0 Å². The number of hydrogen-bond donors (Lipinski definition) is 3. The van der Waals surface area contributed by atoms with E-state index in [9.17, 15) is 15.0 Å². The van der Waals surface area contributed by atoms with Crippen LogP contribution in [0.3, 0.4) is 0 Å². The number of nitrogens with one attached hydrogen (secondary N) is 1. The van der Waals surface area contributed by atoms with Gasteiger partial charge in [0.2, 0.25) is 0 Å². The number of nitrogens with zero attached hydrogens (tertiary/aromatic N) is 1. The lowest BCUT2D eigenvalue weighted by Crippen LogP contribution is -2.37. The van der Waals surface area contributed by atoms with Gasteiger partial charge in [0.15, 0.2) is 0 Å². The monoisotopic (exact) mass is 428 g/mol. The predicted octanol–water partition coefficient (Wildman–Crippen LogP) is 3.50. The topological polar surface area (TPSA) is 74.5 Å². The zero-order valence-corrected chi connectivity index (χ0v) is 18.2. The summed E-state index contributed by atoms with van der Waals surface area (Å²) in [5.74, 6) is -0.00767. The Labute approximate surface area is 182 Å². The Morgan fingerprint density at radius 3 is 2.30 bits per heavy atom. The zero-order chi connectivity index (χ0) is 20.5. The van der Waals surface area contributed by atoms with E-state index in [2.05, 4.69) is 31.3 Å². The molecule has 0 saturated carbocycles. The second-order valence-corrected chi connectivity index (χ2v) is 7.85. The van der Waals surface area contributed by atoms with Crippen molar-refractivity contribution >= 4 is 23.3 Å². The number of halogens is 1. The highest BCUT2D eigenvalue weighted by Gasteiger charge is 2.24. The third-order valence-electron chi connectivity index (χ3n) is 6.03. The van der Waals surface area contributed by atoms with Gasteiger partial charge in [-0.05, 0) is 60.1 Å². The van der Waals surface area contributed by atoms with Gasteiger partial charge in [0.25, 0.3) is 5.56 Å². The summed E-state index contributed by atoms with van der Waals surface area (Å²) in [5.41, 5.74) is 5.64. The van der Waals surface area contributed by atoms with E-state index in [0.717, 1.165) is 31.1 Å². The van der Waals surface area contributed by atoms with E-state index in [-0.39, 0.29) is 36.3 Å². The van der Waals surface area contributed by atoms with E-state index in [1.165, 1.54) is 39.0 Å². The van der Waals surface area contributed by atoms with E-state index < -0.39 is 6.23 Å². The molecule has 30 heavy (non-hydrogen) atoms. The van der Waals surface area contributed by atoms with Gasteiger partial charge < -0.3 is 15.5 Å². The molecule has 0 radical (unpaired) electrons. The van der Waals surface area contributed by atoms with Crippen molar-refractivity contribution in [2.75, 3.05) is 6.54 Å². The van der Waals surface area contributed by atoms with E-state index in [1.54, 1.807) is 12.1 Å². The minimum absolute atomic E-state index is 0. The highest BCUT2D eigenvalue weighted by atomic mass is 35.5. The number of aromatic nitrogens is 1. The average molecular weight is 429 g/mol. The summed E-state index contributed by atoms with van der Waals surface area (Å²) in [4.78, 5) is 12.4. The van der Waals surface area contributed by atoms with Crippen LogP contribution >= 0.6 is 12.4 Å². The van der Waals surface area contributed by atoms with Gasteiger partial charge in [-0.2, -0.15) is 0 Å². The van der Waals surface area contributed by atoms with Crippen LogP contribution in [-0.2, 0) is 25.7 Å². The molecule has 1 atom stereocenters. The number of fused-ring (bicyclic) bond motifs is 2. The molecular formula is C24H29ClN2O3. The molecule has 0 amide bonds. The number of phenols is 1. The smallest absolute Gasteiger partial charge is 0.253 e. The number of aliphatic hydroxyl groups excluding tert-OH is 1. The normalized spacial score (nSPS) is 14.5. The number of hydrogen-bond acceptors (Lipinski definition) is 4. The number of aromatic hydroxyl groups is 1. The first-order valence-electron chi connectivity index (χ1n) is 10.4. The highest BCUT2D eigenvalue weighted by molar-refractivity contribution is 5.85. The van der Waals surface area contributed by atoms with Gasteiger partial charge in [-0.3, -0.25) is 9.36 Å². The Hall–Kier alpha value is -2.34. The van der Waals surface area contributed by atoms with Gasteiger partial charge in [0.1, 0.15) is 12.0 Å². The Morgan fingerprint density at radius 1 is 1.07 bits per heavy atom. The minimum atomic E-state index is -1.05. The SMILES string of the molecule is CCc1cc2c(cc1CC)CC(NC[C@H](O)n1c(=O)ccc3cccc(O)c31)C2.Cl. The van der Waals surface area contributed by atoms with Crippen LogP contribution in [0.1, 0.15) is 42.3 Å². The quantitative estimate of drug-likeness (QED) is 0.561. The van der Waals surface area contributed by atoms with Gasteiger partial charge in [0, 0.05) is 24.0 Å². The summed E-state index contributed by atoms with van der Waals surface area (Å²) in [6.07, 6.45) is 2.88. The largest absolute Gasteiger partial charge is 0.506 e. The van der Waals surface area contributed by atoms with E-state index >= 15 is 0 Å². The zero-order valence-electron chi connectivity index (χ0n) is 17.4. The minimum Gasteiger partial charge on any atom is -0.506 e. The van der Waals surface area contributed by atoms with Crippen LogP contribution in [0.5, 0.6) is 5.75 Å². The first-order valence-corrected chi connectivity index (χ1v) is 10.4. The molecule has 4 rings (SSSR count). The summed E-state index contributed by atoms with van der Waals surface area (Å²) in [6.45, 7) is 4.63. The summed E-state index contributed by atoms with van der Waals surface area (Å²) < 4.78 is 1.27. The molecule has 2 aromatic carbocycles. The van der Waals surface area contributed by atoms with Crippen molar-refractivity contribution in [2.24, 2.45) is 0 Å². The number of pyridine rings is 1. The third-order valence-corrected chi connectivity index (χ3v) is 6.03. The first kappa shape index (κ1) is 22.3. The van der Waals surface area contributed by atoms with Crippen LogP contribution in [0, 0.1) is 0 Å². The maximum Gasteiger partial charge on any atom is 0.253 e. The molecule has 1 aliphatic carbocycles. The standard InChI is InChI=1S/C24H28N2O3.ClH/c1-3-15-10-18-12-20(13-19(18)11-16(15)4-2)25-14-23(29)26-22(28)9-8-17-6-5-7-21(27)24(17)26;/h5-11,20,23,25,27,29H,3-4,12-14H2,1-2H3;1H/t23-;/m0./s1. The van der Waals surface area contributed by atoms with E-state index in [0.29, 0.717) is 5.52 Å². The number of phenolic OH excluding ortho intramolecular Hbond substituents is 1. The Kier molecular flexibility index (Phi) is 6.86. The van der Waals surface area contributed by atoms with Crippen LogP contribution in [0.15, 0.2) is 47.3 Å². The van der Waals surface area contributed by atoms with Crippen molar-refractivity contribution in [3.05, 3.63) is 75.1 Å². The Balaban J connectivity index is 0.00000256. The van der Waals surface area contributed by atoms with Crippen LogP contribution in [0.2, 0.25) is 0 Å². The second-order valence-electron chi connectivity index (χ2n) is 7.85. The molecule has 0 aliphatic heterocycles. The van der Waals surface area contributed by atoms with Crippen LogP contribution < -0.4 is 10.9 Å². The summed E-state index contributed by atoms with van der Waals surface area (Å²) >= 11 is 0. The summed E-state index contributed by atoms with van der Waals surface area (Å²) in [5, 5.41) is 25.1. The molecule has 0 saturated heterocycles. The van der Waals surface area contributed by atoms with Gasteiger partial charge in [-0.15, -0.1) is 12.4 Å². The number of aryl methyl sites for hydroxylation is 2. The predicted molar refractivity (Wildman–Crippen MR) is 123 cm³/mol. The maximum absolute atomic E-state index is 12.4. The molecule has 5 nitrogen and oxygen atoms in total. The van der Waals surface area contributed by atoms with Crippen molar-refractivity contribution in [2.45, 2.75) is 51.8 Å². The summed E-state index contributed by atoms with van der Waals surface area (Å²) in [7, 11) is 0. The van der Waals surface area contributed by atoms with E-state index in [1.807, 2.05) is 6.07 Å². The Bertz CT molecular complexity index is 1080. The summed E-state index contributed by atoms with van der Waals surface area (Å²) in [6, 6.07) is 13.1. The molecule has 6 heteroatoms. The fourth-order valence-electron chi connectivity index (χ4n) is 4.53. The molecule has 160 valence electrons. The van der Waals surface area contributed by atoms with Gasteiger partial charge >= 0.3 is 0 Å². The van der Waals surface area contributed by atoms with Crippen molar-refractivity contribution in [1.82, 2.24) is 9.88 Å². The molecule has 3 N–H and O–H groups in total. The average Bonchev–Trinajstić information content (AvgIpc) is 3.13. The fraction of sp³-hybridized carbons (Fsp3) is 0.375. The first-order chi connectivity index (χ1) is 14.0. The molecule has 0 spiro atoms. The fourth-order valence-corrected chi connectivity index (χ4v) is 4.53. The van der Waals surface area contributed by atoms with Crippen LogP contribution in [0.25, 0.3) is 10.9 Å². The molecule has 3 aromatic rings. The molecule has 0 fully saturated rings. The van der Waals surface area contributed by atoms with Crippen LogP contribution in [-0.4, -0.2) is 27.4 Å².